The third kappa shape index (κ3) is 4.59. The minimum atomic E-state index is 0.0966. The van der Waals surface area contributed by atoms with Gasteiger partial charge in [-0.2, -0.15) is 10.4 Å². The van der Waals surface area contributed by atoms with E-state index in [1.165, 1.54) is 0 Å². The lowest BCUT2D eigenvalue weighted by Gasteiger charge is -2.26. The first-order chi connectivity index (χ1) is 17.6. The van der Waals surface area contributed by atoms with E-state index >= 15 is 0 Å². The number of ether oxygens (including phenoxy) is 1. The van der Waals surface area contributed by atoms with E-state index in [9.17, 15) is 10.1 Å². The second-order valence-electron chi connectivity index (χ2n) is 9.63. The maximum atomic E-state index is 14.1. The van der Waals surface area contributed by atoms with Crippen LogP contribution >= 0.6 is 0 Å². The first-order valence-corrected chi connectivity index (χ1v) is 12.9. The fourth-order valence-electron chi connectivity index (χ4n) is 5.27. The second-order valence-corrected chi connectivity index (χ2v) is 9.63. The van der Waals surface area contributed by atoms with E-state index < -0.39 is 0 Å². The summed E-state index contributed by atoms with van der Waals surface area (Å²) < 4.78 is 9.59. The Labute approximate surface area is 211 Å². The Morgan fingerprint density at radius 2 is 1.86 bits per heavy atom. The Morgan fingerprint density at radius 1 is 1.11 bits per heavy atom. The SMILES string of the molecule is CCCCc1c(Cc2ccc(-c3ccccc3C#N)cc2)c(=O)n(C2CCOCC2)c2cc(C)nn12. The fraction of sp³-hybridized carbons (Fsp3) is 0.367. The summed E-state index contributed by atoms with van der Waals surface area (Å²) in [6.45, 7) is 5.52. The van der Waals surface area contributed by atoms with Crippen LogP contribution in [0.5, 0.6) is 0 Å². The summed E-state index contributed by atoms with van der Waals surface area (Å²) in [4.78, 5) is 14.1. The van der Waals surface area contributed by atoms with Crippen LogP contribution < -0.4 is 5.56 Å². The molecule has 6 heteroatoms. The Balaban J connectivity index is 1.59. The number of unbranched alkanes of at least 4 members (excludes halogenated alkanes) is 1. The average molecular weight is 481 g/mol. The van der Waals surface area contributed by atoms with Gasteiger partial charge in [0.25, 0.3) is 5.56 Å². The van der Waals surface area contributed by atoms with Crippen molar-refractivity contribution in [2.24, 2.45) is 0 Å². The van der Waals surface area contributed by atoms with Crippen molar-refractivity contribution in [3.8, 4) is 17.2 Å². The molecule has 1 aliphatic rings. The van der Waals surface area contributed by atoms with E-state index in [4.69, 9.17) is 9.84 Å². The van der Waals surface area contributed by atoms with Crippen molar-refractivity contribution in [3.63, 3.8) is 0 Å². The minimum absolute atomic E-state index is 0.0966. The van der Waals surface area contributed by atoms with Gasteiger partial charge >= 0.3 is 0 Å². The van der Waals surface area contributed by atoms with Crippen molar-refractivity contribution in [3.05, 3.63) is 93.0 Å². The summed E-state index contributed by atoms with van der Waals surface area (Å²) in [5.41, 5.74) is 7.41. The predicted octanol–water partition coefficient (Wildman–Crippen LogP) is 5.63. The van der Waals surface area contributed by atoms with Crippen molar-refractivity contribution >= 4 is 5.65 Å². The van der Waals surface area contributed by atoms with Gasteiger partial charge in [0, 0.05) is 37.3 Å². The molecular formula is C30H32N4O2. The summed E-state index contributed by atoms with van der Waals surface area (Å²) in [7, 11) is 0. The van der Waals surface area contributed by atoms with Crippen molar-refractivity contribution in [2.45, 2.75) is 58.4 Å². The summed E-state index contributed by atoms with van der Waals surface area (Å²) >= 11 is 0. The first-order valence-electron chi connectivity index (χ1n) is 12.9. The maximum absolute atomic E-state index is 14.1. The molecule has 5 rings (SSSR count). The number of hydrogen-bond acceptors (Lipinski definition) is 4. The van der Waals surface area contributed by atoms with Gasteiger partial charge in [0.15, 0.2) is 0 Å². The lowest BCUT2D eigenvalue weighted by molar-refractivity contribution is 0.0694. The highest BCUT2D eigenvalue weighted by atomic mass is 16.5. The van der Waals surface area contributed by atoms with Crippen LogP contribution in [0.3, 0.4) is 0 Å². The Morgan fingerprint density at radius 3 is 2.58 bits per heavy atom. The molecule has 184 valence electrons. The number of hydrogen-bond donors (Lipinski definition) is 0. The van der Waals surface area contributed by atoms with Crippen molar-refractivity contribution in [1.29, 1.82) is 5.26 Å². The molecule has 2 aromatic heterocycles. The van der Waals surface area contributed by atoms with Crippen LogP contribution in [0.1, 0.15) is 66.7 Å². The standard InChI is InChI=1S/C30H32N4O2/c1-3-4-9-28-27(19-22-10-12-23(13-11-22)26-8-6-5-7-24(26)20-31)30(35)33(25-14-16-36-17-15-25)29-18-21(2)32-34(28)29/h5-8,10-13,18,25H,3-4,9,14-17,19H2,1-2H3. The van der Waals surface area contributed by atoms with Crippen LogP contribution in [0, 0.1) is 18.3 Å². The number of aryl methyl sites for hydroxylation is 2. The number of benzene rings is 2. The molecule has 3 heterocycles. The topological polar surface area (TPSA) is 72.3 Å². The molecule has 0 saturated carbocycles. The molecule has 0 spiro atoms. The van der Waals surface area contributed by atoms with Gasteiger partial charge in [0.2, 0.25) is 0 Å². The number of nitriles is 1. The Hall–Kier alpha value is -3.69. The fourth-order valence-corrected chi connectivity index (χ4v) is 5.27. The number of fused-ring (bicyclic) bond motifs is 1. The number of nitrogens with zero attached hydrogens (tertiary/aromatic N) is 4. The Kier molecular flexibility index (Phi) is 7.02. The highest BCUT2D eigenvalue weighted by molar-refractivity contribution is 5.70. The lowest BCUT2D eigenvalue weighted by Crippen LogP contribution is -2.34. The van der Waals surface area contributed by atoms with Crippen molar-refractivity contribution in [1.82, 2.24) is 14.2 Å². The molecule has 1 aliphatic heterocycles. The molecule has 36 heavy (non-hydrogen) atoms. The van der Waals surface area contributed by atoms with Gasteiger partial charge < -0.3 is 4.74 Å². The zero-order valence-electron chi connectivity index (χ0n) is 21.0. The lowest BCUT2D eigenvalue weighted by atomic mass is 9.96. The first kappa shape index (κ1) is 24.0. The van der Waals surface area contributed by atoms with Gasteiger partial charge in [-0.05, 0) is 55.4 Å². The largest absolute Gasteiger partial charge is 0.381 e. The van der Waals surface area contributed by atoms with Crippen LogP contribution in [0.4, 0.5) is 0 Å². The molecule has 1 saturated heterocycles. The van der Waals surface area contributed by atoms with Crippen LogP contribution in [0.2, 0.25) is 0 Å². The van der Waals surface area contributed by atoms with Crippen molar-refractivity contribution < 1.29 is 4.74 Å². The summed E-state index contributed by atoms with van der Waals surface area (Å²) in [6.07, 6.45) is 5.10. The van der Waals surface area contributed by atoms with Gasteiger partial charge in [-0.3, -0.25) is 9.36 Å². The molecule has 0 unspecified atom stereocenters. The van der Waals surface area contributed by atoms with E-state index in [1.807, 2.05) is 58.5 Å². The summed E-state index contributed by atoms with van der Waals surface area (Å²) in [5, 5.41) is 14.3. The normalized spacial score (nSPS) is 14.2. The molecule has 1 fully saturated rings. The van der Waals surface area contributed by atoms with E-state index in [2.05, 4.69) is 25.1 Å². The third-order valence-electron chi connectivity index (χ3n) is 7.16. The van der Waals surface area contributed by atoms with Crippen LogP contribution in [0.15, 0.2) is 59.4 Å². The van der Waals surface area contributed by atoms with Gasteiger partial charge in [0.1, 0.15) is 5.65 Å². The molecule has 6 nitrogen and oxygen atoms in total. The quantitative estimate of drug-likeness (QED) is 0.344. The van der Waals surface area contributed by atoms with E-state index in [0.29, 0.717) is 25.2 Å². The Bertz CT molecular complexity index is 1470. The van der Waals surface area contributed by atoms with E-state index in [1.54, 1.807) is 0 Å². The smallest absolute Gasteiger partial charge is 0.257 e. The second kappa shape index (κ2) is 10.5. The van der Waals surface area contributed by atoms with Crippen LogP contribution in [0.25, 0.3) is 16.8 Å². The van der Waals surface area contributed by atoms with E-state index in [0.717, 1.165) is 71.4 Å². The summed E-state index contributed by atoms with van der Waals surface area (Å²) in [5.74, 6) is 0. The predicted molar refractivity (Wildman–Crippen MR) is 141 cm³/mol. The summed E-state index contributed by atoms with van der Waals surface area (Å²) in [6, 6.07) is 20.3. The van der Waals surface area contributed by atoms with Gasteiger partial charge in [0.05, 0.1) is 23.0 Å². The molecule has 0 aliphatic carbocycles. The molecule has 0 radical (unpaired) electrons. The van der Waals surface area contributed by atoms with Gasteiger partial charge in [-0.15, -0.1) is 0 Å². The molecular weight excluding hydrogens is 448 g/mol. The monoisotopic (exact) mass is 480 g/mol. The number of rotatable bonds is 7. The highest BCUT2D eigenvalue weighted by Crippen LogP contribution is 2.27. The molecule has 0 amide bonds. The van der Waals surface area contributed by atoms with E-state index in [-0.39, 0.29) is 11.6 Å². The zero-order valence-corrected chi connectivity index (χ0v) is 21.0. The van der Waals surface area contributed by atoms with Crippen molar-refractivity contribution in [2.75, 3.05) is 13.2 Å². The average Bonchev–Trinajstić information content (AvgIpc) is 3.30. The highest BCUT2D eigenvalue weighted by Gasteiger charge is 2.25. The van der Waals surface area contributed by atoms with Crippen LogP contribution in [-0.4, -0.2) is 27.4 Å². The molecule has 0 N–H and O–H groups in total. The molecule has 4 aromatic rings. The van der Waals surface area contributed by atoms with Gasteiger partial charge in [-0.25, -0.2) is 4.52 Å². The number of aromatic nitrogens is 3. The van der Waals surface area contributed by atoms with Crippen LogP contribution in [-0.2, 0) is 17.6 Å². The molecule has 2 aromatic carbocycles. The van der Waals surface area contributed by atoms with Gasteiger partial charge in [-0.1, -0.05) is 55.8 Å². The minimum Gasteiger partial charge on any atom is -0.381 e. The molecule has 0 bridgehead atoms. The molecule has 0 atom stereocenters. The zero-order chi connectivity index (χ0) is 25.1. The maximum Gasteiger partial charge on any atom is 0.257 e. The third-order valence-corrected chi connectivity index (χ3v) is 7.16.